The third kappa shape index (κ3) is 4.51. The van der Waals surface area contributed by atoms with Crippen LogP contribution in [0.3, 0.4) is 0 Å². The first kappa shape index (κ1) is 15.4. The van der Waals surface area contributed by atoms with Crippen LogP contribution in [0, 0.1) is 0 Å². The number of alkyl halides is 2. The molecule has 0 bridgehead atoms. The molecule has 1 amide bonds. The second kappa shape index (κ2) is 7.08. The van der Waals surface area contributed by atoms with Gasteiger partial charge in [-0.3, -0.25) is 4.79 Å². The number of carboxylic acid groups (broad SMARTS) is 1. The van der Waals surface area contributed by atoms with Crippen molar-refractivity contribution >= 4 is 23.6 Å². The molecule has 0 radical (unpaired) electrons. The average molecular weight is 289 g/mol. The van der Waals surface area contributed by atoms with Gasteiger partial charge in [-0.2, -0.15) is 8.78 Å². The quantitative estimate of drug-likeness (QED) is 0.790. The maximum Gasteiger partial charge on any atom is 0.326 e. The molecule has 0 aliphatic rings. The van der Waals surface area contributed by atoms with Gasteiger partial charge in [-0.15, -0.1) is 0 Å². The Morgan fingerprint density at radius 2 is 2.00 bits per heavy atom. The monoisotopic (exact) mass is 289 g/mol. The van der Waals surface area contributed by atoms with E-state index < -0.39 is 23.7 Å². The van der Waals surface area contributed by atoms with Crippen LogP contribution in [0.25, 0.3) is 0 Å². The molecule has 0 spiro atoms. The Morgan fingerprint density at radius 3 is 2.53 bits per heavy atom. The van der Waals surface area contributed by atoms with Crippen molar-refractivity contribution in [2.24, 2.45) is 0 Å². The molecule has 7 heteroatoms. The minimum absolute atomic E-state index is 0.0486. The maximum absolute atomic E-state index is 12.4. The molecule has 0 unspecified atom stereocenters. The Balaban J connectivity index is 2.90. The molecule has 0 heterocycles. The van der Waals surface area contributed by atoms with Crippen molar-refractivity contribution in [3.63, 3.8) is 0 Å². The van der Waals surface area contributed by atoms with Crippen molar-refractivity contribution in [3.8, 4) is 0 Å². The predicted octanol–water partition coefficient (Wildman–Crippen LogP) is 2.59. The summed E-state index contributed by atoms with van der Waals surface area (Å²) in [6.07, 6.45) is 0.214. The number of aliphatic carboxylic acids is 1. The van der Waals surface area contributed by atoms with Crippen molar-refractivity contribution in [2.45, 2.75) is 30.0 Å². The fourth-order valence-electron chi connectivity index (χ4n) is 1.43. The van der Waals surface area contributed by atoms with E-state index in [2.05, 4.69) is 5.32 Å². The number of amides is 1. The first-order chi connectivity index (χ1) is 8.95. The van der Waals surface area contributed by atoms with Gasteiger partial charge in [-0.05, 0) is 18.6 Å². The Kier molecular flexibility index (Phi) is 5.75. The van der Waals surface area contributed by atoms with Gasteiger partial charge in [-0.1, -0.05) is 30.8 Å². The number of rotatable bonds is 6. The summed E-state index contributed by atoms with van der Waals surface area (Å²) >= 11 is 0.255. The summed E-state index contributed by atoms with van der Waals surface area (Å²) in [7, 11) is 0. The number of carbonyl (C=O) groups excluding carboxylic acids is 1. The minimum atomic E-state index is -2.64. The van der Waals surface area contributed by atoms with Crippen molar-refractivity contribution in [1.82, 2.24) is 5.32 Å². The summed E-state index contributed by atoms with van der Waals surface area (Å²) in [6.45, 7) is 1.61. The van der Waals surface area contributed by atoms with E-state index in [1.165, 1.54) is 24.3 Å². The Morgan fingerprint density at radius 1 is 1.37 bits per heavy atom. The second-order valence-electron chi connectivity index (χ2n) is 3.65. The van der Waals surface area contributed by atoms with Crippen molar-refractivity contribution in [2.75, 3.05) is 0 Å². The number of benzene rings is 1. The third-order valence-electron chi connectivity index (χ3n) is 2.36. The van der Waals surface area contributed by atoms with E-state index in [1.54, 1.807) is 6.92 Å². The lowest BCUT2D eigenvalue weighted by atomic mass is 10.1. The van der Waals surface area contributed by atoms with Crippen LogP contribution in [0.5, 0.6) is 0 Å². The first-order valence-electron chi connectivity index (χ1n) is 5.53. The predicted molar refractivity (Wildman–Crippen MR) is 67.5 cm³/mol. The van der Waals surface area contributed by atoms with Gasteiger partial charge < -0.3 is 10.4 Å². The molecule has 1 aromatic carbocycles. The summed E-state index contributed by atoms with van der Waals surface area (Å²) in [4.78, 5) is 22.8. The molecule has 4 nitrogen and oxygen atoms in total. The van der Waals surface area contributed by atoms with Gasteiger partial charge in [-0.25, -0.2) is 4.79 Å². The highest BCUT2D eigenvalue weighted by molar-refractivity contribution is 7.99. The fourth-order valence-corrected chi connectivity index (χ4v) is 2.06. The van der Waals surface area contributed by atoms with E-state index in [9.17, 15) is 18.4 Å². The van der Waals surface area contributed by atoms with Crippen LogP contribution in [-0.2, 0) is 4.79 Å². The van der Waals surface area contributed by atoms with Crippen molar-refractivity contribution < 1.29 is 23.5 Å². The van der Waals surface area contributed by atoms with Gasteiger partial charge in [0.15, 0.2) is 0 Å². The van der Waals surface area contributed by atoms with Crippen LogP contribution in [-0.4, -0.2) is 28.8 Å². The highest BCUT2D eigenvalue weighted by Gasteiger charge is 2.21. The topological polar surface area (TPSA) is 66.4 Å². The molecule has 1 rings (SSSR count). The number of carboxylic acids is 1. The average Bonchev–Trinajstić information content (AvgIpc) is 2.35. The van der Waals surface area contributed by atoms with Crippen molar-refractivity contribution in [3.05, 3.63) is 29.8 Å². The van der Waals surface area contributed by atoms with Gasteiger partial charge in [0.05, 0.1) is 5.56 Å². The minimum Gasteiger partial charge on any atom is -0.480 e. The molecular weight excluding hydrogens is 276 g/mol. The Hall–Kier alpha value is -1.63. The van der Waals surface area contributed by atoms with Gasteiger partial charge >= 0.3 is 5.97 Å². The lowest BCUT2D eigenvalue weighted by Crippen LogP contribution is -2.40. The molecule has 0 aromatic heterocycles. The molecule has 0 fully saturated rings. The summed E-state index contributed by atoms with van der Waals surface area (Å²) in [5, 5.41) is 11.1. The molecule has 0 aliphatic heterocycles. The van der Waals surface area contributed by atoms with E-state index >= 15 is 0 Å². The summed E-state index contributed by atoms with van der Waals surface area (Å²) < 4.78 is 24.7. The molecule has 19 heavy (non-hydrogen) atoms. The van der Waals surface area contributed by atoms with E-state index in [0.717, 1.165) is 0 Å². The van der Waals surface area contributed by atoms with Crippen molar-refractivity contribution in [1.29, 1.82) is 0 Å². The summed E-state index contributed by atoms with van der Waals surface area (Å²) in [5.41, 5.74) is 0.0486. The van der Waals surface area contributed by atoms with Gasteiger partial charge in [0.1, 0.15) is 6.04 Å². The van der Waals surface area contributed by atoms with E-state index in [0.29, 0.717) is 0 Å². The number of halogens is 2. The highest BCUT2D eigenvalue weighted by atomic mass is 32.2. The third-order valence-corrected chi connectivity index (χ3v) is 3.15. The zero-order chi connectivity index (χ0) is 14.4. The number of nitrogens with one attached hydrogen (secondary N) is 1. The number of thioether (sulfide) groups is 1. The fraction of sp³-hybridized carbons (Fsp3) is 0.333. The molecular formula is C12H13F2NO3S. The Bertz CT molecular complexity index is 468. The highest BCUT2D eigenvalue weighted by Crippen LogP contribution is 2.28. The SMILES string of the molecule is CC[C@@H](NC(=O)c1ccccc1SC(F)F)C(=O)O. The van der Waals surface area contributed by atoms with E-state index in [4.69, 9.17) is 5.11 Å². The van der Waals surface area contributed by atoms with Gasteiger partial charge in [0, 0.05) is 4.90 Å². The Labute approximate surface area is 113 Å². The van der Waals surface area contributed by atoms with Crippen LogP contribution >= 0.6 is 11.8 Å². The van der Waals surface area contributed by atoms with Crippen LogP contribution in [0.1, 0.15) is 23.7 Å². The molecule has 0 saturated carbocycles. The lowest BCUT2D eigenvalue weighted by Gasteiger charge is -2.14. The van der Waals surface area contributed by atoms with Crippen LogP contribution in [0.15, 0.2) is 29.2 Å². The second-order valence-corrected chi connectivity index (χ2v) is 4.68. The smallest absolute Gasteiger partial charge is 0.326 e. The molecule has 0 saturated heterocycles. The normalized spacial score (nSPS) is 12.2. The molecule has 0 aliphatic carbocycles. The largest absolute Gasteiger partial charge is 0.480 e. The van der Waals surface area contributed by atoms with Gasteiger partial charge in [0.25, 0.3) is 11.7 Å². The van der Waals surface area contributed by atoms with Crippen LogP contribution < -0.4 is 5.32 Å². The summed E-state index contributed by atoms with van der Waals surface area (Å²) in [6, 6.07) is 4.82. The standard InChI is InChI=1S/C12H13F2NO3S/c1-2-8(11(17)18)15-10(16)7-5-3-4-6-9(7)19-12(13)14/h3-6,8,12H,2H2,1H3,(H,15,16)(H,17,18)/t8-/m1/s1. The van der Waals surface area contributed by atoms with Crippen LogP contribution in [0.2, 0.25) is 0 Å². The summed E-state index contributed by atoms with van der Waals surface area (Å²) in [5.74, 6) is -4.47. The van der Waals surface area contributed by atoms with Gasteiger partial charge in [0.2, 0.25) is 0 Å². The zero-order valence-electron chi connectivity index (χ0n) is 10.1. The molecule has 2 N–H and O–H groups in total. The number of carbonyl (C=O) groups is 2. The first-order valence-corrected chi connectivity index (χ1v) is 6.41. The van der Waals surface area contributed by atoms with Crippen LogP contribution in [0.4, 0.5) is 8.78 Å². The van der Waals surface area contributed by atoms with E-state index in [-0.39, 0.29) is 28.6 Å². The molecule has 104 valence electrons. The lowest BCUT2D eigenvalue weighted by molar-refractivity contribution is -0.139. The molecule has 1 aromatic rings. The van der Waals surface area contributed by atoms with E-state index in [1.807, 2.05) is 0 Å². The molecule has 1 atom stereocenters. The number of hydrogen-bond acceptors (Lipinski definition) is 3. The maximum atomic E-state index is 12.4. The zero-order valence-corrected chi connectivity index (χ0v) is 10.9. The number of hydrogen-bond donors (Lipinski definition) is 2.